The molecule has 2 N–H and O–H groups in total. The number of ether oxygens (including phenoxy) is 1. The molecule has 1 aliphatic rings. The summed E-state index contributed by atoms with van der Waals surface area (Å²) in [5, 5.41) is 8.40. The Labute approximate surface area is 147 Å². The molecule has 2 aromatic carbocycles. The fourth-order valence-electron chi connectivity index (χ4n) is 2.48. The van der Waals surface area contributed by atoms with E-state index in [2.05, 4.69) is 15.6 Å². The lowest BCUT2D eigenvalue weighted by Gasteiger charge is -2.18. The van der Waals surface area contributed by atoms with Gasteiger partial charge in [-0.25, -0.2) is 4.98 Å². The number of rotatable bonds is 3. The molecule has 0 fully saturated rings. The largest absolute Gasteiger partial charge is 0.482 e. The molecule has 0 aliphatic carbocycles. The van der Waals surface area contributed by atoms with Crippen LogP contribution in [0.5, 0.6) is 5.75 Å². The van der Waals surface area contributed by atoms with Gasteiger partial charge in [-0.1, -0.05) is 0 Å². The molecule has 1 aliphatic heterocycles. The first-order valence-corrected chi connectivity index (χ1v) is 8.45. The van der Waals surface area contributed by atoms with Crippen LogP contribution in [0, 0.1) is 0 Å². The molecule has 2 heterocycles. The van der Waals surface area contributed by atoms with Crippen molar-refractivity contribution in [2.75, 3.05) is 17.2 Å². The molecule has 0 saturated heterocycles. The number of aromatic nitrogens is 1. The normalized spacial score (nSPS) is 12.7. The highest BCUT2D eigenvalue weighted by Gasteiger charge is 2.18. The van der Waals surface area contributed by atoms with Gasteiger partial charge < -0.3 is 15.4 Å². The minimum atomic E-state index is -0.245. The second-order valence-corrected chi connectivity index (χ2v) is 6.31. The lowest BCUT2D eigenvalue weighted by molar-refractivity contribution is -0.118. The zero-order chi connectivity index (χ0) is 17.2. The molecule has 0 radical (unpaired) electrons. The van der Waals surface area contributed by atoms with Gasteiger partial charge in [0.1, 0.15) is 10.8 Å². The molecule has 2 amide bonds. The number of hydrogen-bond acceptors (Lipinski definition) is 5. The third-order valence-electron chi connectivity index (χ3n) is 3.70. The van der Waals surface area contributed by atoms with E-state index in [9.17, 15) is 9.59 Å². The zero-order valence-corrected chi connectivity index (χ0v) is 13.8. The minimum absolute atomic E-state index is 0.0453. The van der Waals surface area contributed by atoms with E-state index in [0.29, 0.717) is 22.7 Å². The van der Waals surface area contributed by atoms with Crippen LogP contribution in [0.1, 0.15) is 10.4 Å². The second-order valence-electron chi connectivity index (χ2n) is 5.42. The maximum Gasteiger partial charge on any atom is 0.262 e. The van der Waals surface area contributed by atoms with Gasteiger partial charge in [0.05, 0.1) is 5.69 Å². The number of carbonyl (C=O) groups excluding carboxylic acids is 2. The summed E-state index contributed by atoms with van der Waals surface area (Å²) in [4.78, 5) is 28.0. The third-order valence-corrected chi connectivity index (χ3v) is 4.52. The van der Waals surface area contributed by atoms with Crippen molar-refractivity contribution < 1.29 is 14.3 Å². The predicted molar refractivity (Wildman–Crippen MR) is 96.1 cm³/mol. The average Bonchev–Trinajstić information content (AvgIpc) is 3.16. The van der Waals surface area contributed by atoms with Crippen LogP contribution in [-0.4, -0.2) is 23.4 Å². The molecule has 25 heavy (non-hydrogen) atoms. The number of fused-ring (bicyclic) bond motifs is 1. The van der Waals surface area contributed by atoms with Crippen molar-refractivity contribution in [1.29, 1.82) is 0 Å². The smallest absolute Gasteiger partial charge is 0.262 e. The molecule has 3 aromatic rings. The van der Waals surface area contributed by atoms with Gasteiger partial charge in [0.2, 0.25) is 0 Å². The SMILES string of the molecule is O=C1COc2cc(C(=O)Nc3ccc(-c4nccs4)cc3)ccc2N1. The lowest BCUT2D eigenvalue weighted by Crippen LogP contribution is -2.25. The van der Waals surface area contributed by atoms with Gasteiger partial charge in [0, 0.05) is 28.4 Å². The van der Waals surface area contributed by atoms with Crippen molar-refractivity contribution in [3.8, 4) is 16.3 Å². The van der Waals surface area contributed by atoms with E-state index in [1.807, 2.05) is 29.6 Å². The van der Waals surface area contributed by atoms with E-state index in [1.54, 1.807) is 35.7 Å². The Kier molecular flexibility index (Phi) is 3.91. The molecule has 6 nitrogen and oxygen atoms in total. The summed E-state index contributed by atoms with van der Waals surface area (Å²) in [6.45, 7) is -0.0453. The van der Waals surface area contributed by atoms with Gasteiger partial charge in [-0.05, 0) is 42.5 Å². The van der Waals surface area contributed by atoms with Crippen molar-refractivity contribution in [2.45, 2.75) is 0 Å². The van der Waals surface area contributed by atoms with Crippen molar-refractivity contribution in [3.63, 3.8) is 0 Å². The summed E-state index contributed by atoms with van der Waals surface area (Å²) in [7, 11) is 0. The van der Waals surface area contributed by atoms with Crippen LogP contribution in [0.15, 0.2) is 54.0 Å². The molecule has 0 bridgehead atoms. The molecule has 0 atom stereocenters. The third kappa shape index (κ3) is 3.22. The monoisotopic (exact) mass is 351 g/mol. The van der Waals surface area contributed by atoms with Crippen LogP contribution >= 0.6 is 11.3 Å². The maximum atomic E-state index is 12.4. The first kappa shape index (κ1) is 15.3. The molecular weight excluding hydrogens is 338 g/mol. The Balaban J connectivity index is 1.49. The minimum Gasteiger partial charge on any atom is -0.482 e. The van der Waals surface area contributed by atoms with Crippen LogP contribution in [0.2, 0.25) is 0 Å². The summed E-state index contributed by atoms with van der Waals surface area (Å²) < 4.78 is 5.34. The summed E-state index contributed by atoms with van der Waals surface area (Å²) >= 11 is 1.56. The zero-order valence-electron chi connectivity index (χ0n) is 13.0. The Morgan fingerprint density at radius 1 is 1.20 bits per heavy atom. The Bertz CT molecular complexity index is 937. The number of carbonyl (C=O) groups is 2. The van der Waals surface area contributed by atoms with E-state index < -0.39 is 0 Å². The Hall–Kier alpha value is -3.19. The van der Waals surface area contributed by atoms with E-state index >= 15 is 0 Å². The second kappa shape index (κ2) is 6.37. The fourth-order valence-corrected chi connectivity index (χ4v) is 3.13. The summed E-state index contributed by atoms with van der Waals surface area (Å²) in [6.07, 6.45) is 1.76. The first-order chi connectivity index (χ1) is 12.2. The molecule has 0 saturated carbocycles. The molecule has 0 unspecified atom stereocenters. The molecule has 124 valence electrons. The molecule has 1 aromatic heterocycles. The van der Waals surface area contributed by atoms with Gasteiger partial charge in [-0.3, -0.25) is 9.59 Å². The number of hydrogen-bond donors (Lipinski definition) is 2. The van der Waals surface area contributed by atoms with Gasteiger partial charge in [0.25, 0.3) is 11.8 Å². The van der Waals surface area contributed by atoms with Gasteiger partial charge in [-0.15, -0.1) is 11.3 Å². The highest BCUT2D eigenvalue weighted by Crippen LogP contribution is 2.29. The first-order valence-electron chi connectivity index (χ1n) is 7.57. The number of amides is 2. The standard InChI is InChI=1S/C18H13N3O3S/c22-16-10-24-15-9-12(3-6-14(15)21-16)17(23)20-13-4-1-11(2-5-13)18-19-7-8-25-18/h1-9H,10H2,(H,20,23)(H,21,22). The average molecular weight is 351 g/mol. The molecule has 7 heteroatoms. The van der Waals surface area contributed by atoms with Crippen LogP contribution in [-0.2, 0) is 4.79 Å². The lowest BCUT2D eigenvalue weighted by atomic mass is 10.1. The topological polar surface area (TPSA) is 80.3 Å². The van der Waals surface area contributed by atoms with E-state index in [4.69, 9.17) is 4.74 Å². The summed E-state index contributed by atoms with van der Waals surface area (Å²) in [5.41, 5.74) is 2.72. The highest BCUT2D eigenvalue weighted by atomic mass is 32.1. The summed E-state index contributed by atoms with van der Waals surface area (Å²) in [5.74, 6) is 0.0432. The number of benzene rings is 2. The fraction of sp³-hybridized carbons (Fsp3) is 0.0556. The van der Waals surface area contributed by atoms with Crippen LogP contribution < -0.4 is 15.4 Å². The van der Waals surface area contributed by atoms with Crippen molar-refractivity contribution in [3.05, 3.63) is 59.6 Å². The number of nitrogens with zero attached hydrogens (tertiary/aromatic N) is 1. The van der Waals surface area contributed by atoms with Gasteiger partial charge >= 0.3 is 0 Å². The van der Waals surface area contributed by atoms with Crippen LogP contribution in [0.25, 0.3) is 10.6 Å². The highest BCUT2D eigenvalue weighted by molar-refractivity contribution is 7.13. The molecule has 4 rings (SSSR count). The number of nitrogens with one attached hydrogen (secondary N) is 2. The van der Waals surface area contributed by atoms with E-state index in [1.165, 1.54) is 0 Å². The molecular formula is C18H13N3O3S. The van der Waals surface area contributed by atoms with Crippen molar-refractivity contribution >= 4 is 34.5 Å². The molecule has 0 spiro atoms. The number of anilines is 2. The van der Waals surface area contributed by atoms with E-state index in [0.717, 1.165) is 10.6 Å². The Morgan fingerprint density at radius 3 is 2.80 bits per heavy atom. The van der Waals surface area contributed by atoms with Gasteiger partial charge in [0.15, 0.2) is 6.61 Å². The van der Waals surface area contributed by atoms with Crippen molar-refractivity contribution in [1.82, 2.24) is 4.98 Å². The van der Waals surface area contributed by atoms with Gasteiger partial charge in [-0.2, -0.15) is 0 Å². The van der Waals surface area contributed by atoms with E-state index in [-0.39, 0.29) is 18.4 Å². The Morgan fingerprint density at radius 2 is 2.04 bits per heavy atom. The maximum absolute atomic E-state index is 12.4. The quantitative estimate of drug-likeness (QED) is 0.758. The van der Waals surface area contributed by atoms with Crippen molar-refractivity contribution in [2.24, 2.45) is 0 Å². The number of thiazole rings is 1. The van der Waals surface area contributed by atoms with Crippen LogP contribution in [0.4, 0.5) is 11.4 Å². The van der Waals surface area contributed by atoms with Crippen LogP contribution in [0.3, 0.4) is 0 Å². The predicted octanol–water partition coefficient (Wildman–Crippen LogP) is 3.39. The summed E-state index contributed by atoms with van der Waals surface area (Å²) in [6, 6.07) is 12.4.